The molecule has 76 valence electrons. The number of hydrogen-bond donors (Lipinski definition) is 2. The van der Waals surface area contributed by atoms with Gasteiger partial charge in [-0.25, -0.2) is 0 Å². The van der Waals surface area contributed by atoms with Gasteiger partial charge >= 0.3 is 0 Å². The van der Waals surface area contributed by atoms with Gasteiger partial charge in [0.05, 0.1) is 0 Å². The molecule has 1 aromatic rings. The van der Waals surface area contributed by atoms with Crippen molar-refractivity contribution in [3.63, 3.8) is 0 Å². The second kappa shape index (κ2) is 3.62. The molecule has 2 rings (SSSR count). The van der Waals surface area contributed by atoms with Crippen LogP contribution in [0.5, 0.6) is 5.75 Å². The standard InChI is InChI=1S/C12H17NO/c13-12(6-1-2-7-12)9-10-4-3-5-11(14)8-10/h3-5,8,14H,1-2,6-7,9,13H2. The van der Waals surface area contributed by atoms with Crippen molar-refractivity contribution in [3.05, 3.63) is 29.8 Å². The molecule has 0 heterocycles. The third kappa shape index (κ3) is 2.07. The van der Waals surface area contributed by atoms with E-state index < -0.39 is 0 Å². The molecule has 1 aliphatic carbocycles. The van der Waals surface area contributed by atoms with Crippen LogP contribution >= 0.6 is 0 Å². The summed E-state index contributed by atoms with van der Waals surface area (Å²) in [6.45, 7) is 0. The largest absolute Gasteiger partial charge is 0.508 e. The maximum absolute atomic E-state index is 9.33. The Hall–Kier alpha value is -1.02. The molecule has 1 fully saturated rings. The summed E-state index contributed by atoms with van der Waals surface area (Å²) >= 11 is 0. The van der Waals surface area contributed by atoms with Gasteiger partial charge in [0.2, 0.25) is 0 Å². The van der Waals surface area contributed by atoms with Crippen LogP contribution in [-0.2, 0) is 6.42 Å². The van der Waals surface area contributed by atoms with Crippen LogP contribution in [0.25, 0.3) is 0 Å². The highest BCUT2D eigenvalue weighted by atomic mass is 16.3. The van der Waals surface area contributed by atoms with Gasteiger partial charge in [-0.05, 0) is 37.0 Å². The van der Waals surface area contributed by atoms with E-state index in [-0.39, 0.29) is 5.54 Å². The lowest BCUT2D eigenvalue weighted by atomic mass is 9.90. The molecule has 0 atom stereocenters. The highest BCUT2D eigenvalue weighted by molar-refractivity contribution is 5.28. The van der Waals surface area contributed by atoms with Gasteiger partial charge in [-0.15, -0.1) is 0 Å². The van der Waals surface area contributed by atoms with Gasteiger partial charge in [-0.3, -0.25) is 0 Å². The Morgan fingerprint density at radius 2 is 2.00 bits per heavy atom. The molecule has 3 N–H and O–H groups in total. The van der Waals surface area contributed by atoms with Crippen molar-refractivity contribution >= 4 is 0 Å². The molecular formula is C12H17NO. The molecule has 14 heavy (non-hydrogen) atoms. The van der Waals surface area contributed by atoms with E-state index in [2.05, 4.69) is 0 Å². The van der Waals surface area contributed by atoms with Crippen LogP contribution in [0, 0.1) is 0 Å². The van der Waals surface area contributed by atoms with E-state index in [0.717, 1.165) is 24.8 Å². The second-order valence-corrected chi connectivity index (χ2v) is 4.42. The van der Waals surface area contributed by atoms with Crippen LogP contribution in [0.3, 0.4) is 0 Å². The number of benzene rings is 1. The smallest absolute Gasteiger partial charge is 0.115 e. The summed E-state index contributed by atoms with van der Waals surface area (Å²) in [7, 11) is 0. The van der Waals surface area contributed by atoms with Crippen LogP contribution in [0.4, 0.5) is 0 Å². The zero-order valence-corrected chi connectivity index (χ0v) is 8.37. The van der Waals surface area contributed by atoms with Crippen LogP contribution in [-0.4, -0.2) is 10.6 Å². The van der Waals surface area contributed by atoms with Crippen LogP contribution in [0.2, 0.25) is 0 Å². The van der Waals surface area contributed by atoms with Crippen molar-refractivity contribution < 1.29 is 5.11 Å². The maximum atomic E-state index is 9.33. The lowest BCUT2D eigenvalue weighted by Gasteiger charge is -2.23. The third-order valence-corrected chi connectivity index (χ3v) is 3.07. The van der Waals surface area contributed by atoms with Crippen molar-refractivity contribution in [2.75, 3.05) is 0 Å². The number of nitrogens with two attached hydrogens (primary N) is 1. The maximum Gasteiger partial charge on any atom is 0.115 e. The molecule has 0 saturated heterocycles. The van der Waals surface area contributed by atoms with E-state index in [1.54, 1.807) is 6.07 Å². The van der Waals surface area contributed by atoms with Gasteiger partial charge in [-0.2, -0.15) is 0 Å². The Morgan fingerprint density at radius 3 is 2.64 bits per heavy atom. The molecule has 0 bridgehead atoms. The van der Waals surface area contributed by atoms with E-state index >= 15 is 0 Å². The quantitative estimate of drug-likeness (QED) is 0.752. The SMILES string of the molecule is NC1(Cc2cccc(O)c2)CCCC1. The topological polar surface area (TPSA) is 46.2 Å². The first-order valence-corrected chi connectivity index (χ1v) is 5.25. The van der Waals surface area contributed by atoms with Crippen molar-refractivity contribution in [3.8, 4) is 5.75 Å². The van der Waals surface area contributed by atoms with Crippen molar-refractivity contribution in [1.82, 2.24) is 0 Å². The number of hydrogen-bond acceptors (Lipinski definition) is 2. The molecular weight excluding hydrogens is 174 g/mol. The van der Waals surface area contributed by atoms with Crippen LogP contribution in [0.15, 0.2) is 24.3 Å². The molecule has 2 heteroatoms. The van der Waals surface area contributed by atoms with Gasteiger partial charge in [0.1, 0.15) is 5.75 Å². The van der Waals surface area contributed by atoms with Crippen LogP contribution in [0.1, 0.15) is 31.2 Å². The van der Waals surface area contributed by atoms with Crippen molar-refractivity contribution in [2.24, 2.45) is 5.73 Å². The molecule has 1 aromatic carbocycles. The zero-order valence-electron chi connectivity index (χ0n) is 8.37. The van der Waals surface area contributed by atoms with Crippen molar-refractivity contribution in [2.45, 2.75) is 37.6 Å². The molecule has 0 radical (unpaired) electrons. The summed E-state index contributed by atoms with van der Waals surface area (Å²) in [5, 5.41) is 9.33. The average molecular weight is 191 g/mol. The molecule has 0 amide bonds. The Kier molecular flexibility index (Phi) is 2.46. The first-order valence-electron chi connectivity index (χ1n) is 5.25. The summed E-state index contributed by atoms with van der Waals surface area (Å²) in [5.41, 5.74) is 7.39. The Labute approximate surface area is 84.7 Å². The first-order chi connectivity index (χ1) is 6.68. The fraction of sp³-hybridized carbons (Fsp3) is 0.500. The number of phenolic OH excluding ortho intramolecular Hbond substituents is 1. The lowest BCUT2D eigenvalue weighted by Crippen LogP contribution is -2.38. The molecule has 0 aliphatic heterocycles. The Bertz CT molecular complexity index is 316. The molecule has 0 spiro atoms. The number of phenols is 1. The van der Waals surface area contributed by atoms with Crippen molar-refractivity contribution in [1.29, 1.82) is 0 Å². The Morgan fingerprint density at radius 1 is 1.29 bits per heavy atom. The minimum absolute atomic E-state index is 0.0200. The molecule has 1 aliphatic rings. The summed E-state index contributed by atoms with van der Waals surface area (Å²) in [5.74, 6) is 0.337. The van der Waals surface area contributed by atoms with Crippen LogP contribution < -0.4 is 5.73 Å². The predicted molar refractivity (Wildman–Crippen MR) is 57.2 cm³/mol. The van der Waals surface area contributed by atoms with Gasteiger partial charge in [0, 0.05) is 5.54 Å². The molecule has 0 aromatic heterocycles. The highest BCUT2D eigenvalue weighted by Gasteiger charge is 2.29. The number of rotatable bonds is 2. The lowest BCUT2D eigenvalue weighted by molar-refractivity contribution is 0.433. The monoisotopic (exact) mass is 191 g/mol. The summed E-state index contributed by atoms with van der Waals surface area (Å²) in [4.78, 5) is 0. The van der Waals surface area contributed by atoms with E-state index in [1.807, 2.05) is 18.2 Å². The van der Waals surface area contributed by atoms with E-state index in [4.69, 9.17) is 5.73 Å². The fourth-order valence-corrected chi connectivity index (χ4v) is 2.33. The molecule has 2 nitrogen and oxygen atoms in total. The fourth-order valence-electron chi connectivity index (χ4n) is 2.33. The predicted octanol–water partition coefficient (Wildman–Crippen LogP) is 2.21. The minimum atomic E-state index is -0.0200. The van der Waals surface area contributed by atoms with E-state index in [1.165, 1.54) is 12.8 Å². The normalized spacial score (nSPS) is 19.8. The highest BCUT2D eigenvalue weighted by Crippen LogP contribution is 2.30. The average Bonchev–Trinajstić information content (AvgIpc) is 2.51. The number of aromatic hydroxyl groups is 1. The Balaban J connectivity index is 2.10. The minimum Gasteiger partial charge on any atom is -0.508 e. The first kappa shape index (κ1) is 9.53. The molecule has 1 saturated carbocycles. The van der Waals surface area contributed by atoms with Gasteiger partial charge in [-0.1, -0.05) is 25.0 Å². The van der Waals surface area contributed by atoms with Gasteiger partial charge in [0.15, 0.2) is 0 Å². The molecule has 0 unspecified atom stereocenters. The summed E-state index contributed by atoms with van der Waals surface area (Å²) < 4.78 is 0. The van der Waals surface area contributed by atoms with E-state index in [0.29, 0.717) is 5.75 Å². The van der Waals surface area contributed by atoms with Gasteiger partial charge < -0.3 is 10.8 Å². The van der Waals surface area contributed by atoms with E-state index in [9.17, 15) is 5.11 Å². The zero-order chi connectivity index (χ0) is 10.0. The summed E-state index contributed by atoms with van der Waals surface area (Å²) in [6.07, 6.45) is 5.61. The summed E-state index contributed by atoms with van der Waals surface area (Å²) in [6, 6.07) is 7.42. The second-order valence-electron chi connectivity index (χ2n) is 4.42. The van der Waals surface area contributed by atoms with Gasteiger partial charge in [0.25, 0.3) is 0 Å². The third-order valence-electron chi connectivity index (χ3n) is 3.07.